The molecule has 1 heterocycles. The molecule has 0 unspecified atom stereocenters. The zero-order valence-corrected chi connectivity index (χ0v) is 16.4. The van der Waals surface area contributed by atoms with Crippen LogP contribution in [0.5, 0.6) is 11.5 Å². The number of cyclic esters (lactones) is 1. The number of benzene rings is 2. The molecule has 0 aromatic heterocycles. The van der Waals surface area contributed by atoms with Gasteiger partial charge in [0.2, 0.25) is 5.90 Å². The van der Waals surface area contributed by atoms with Gasteiger partial charge in [0.15, 0.2) is 23.8 Å². The number of esters is 2. The van der Waals surface area contributed by atoms with E-state index in [1.165, 1.54) is 7.11 Å². The number of methoxy groups -OCH3 is 1. The van der Waals surface area contributed by atoms with Gasteiger partial charge in [-0.2, -0.15) is 0 Å². The number of aryl methyl sites for hydroxylation is 1. The summed E-state index contributed by atoms with van der Waals surface area (Å²) in [6.45, 7) is 3.74. The van der Waals surface area contributed by atoms with Crippen LogP contribution in [0, 0.1) is 6.92 Å². The Kier molecular flexibility index (Phi) is 6.29. The van der Waals surface area contributed by atoms with Gasteiger partial charge in [0.25, 0.3) is 0 Å². The molecule has 2 aromatic carbocycles. The molecule has 0 fully saturated rings. The lowest BCUT2D eigenvalue weighted by Crippen LogP contribution is -2.14. The van der Waals surface area contributed by atoms with Crippen LogP contribution in [0.2, 0.25) is 0 Å². The minimum Gasteiger partial charge on any atom is -0.493 e. The van der Waals surface area contributed by atoms with Gasteiger partial charge in [-0.3, -0.25) is 0 Å². The van der Waals surface area contributed by atoms with E-state index in [1.807, 2.05) is 31.2 Å². The highest BCUT2D eigenvalue weighted by Gasteiger charge is 2.24. The molecule has 3 rings (SSSR count). The molecule has 0 bridgehead atoms. The first-order chi connectivity index (χ1) is 14.0. The maximum Gasteiger partial charge on any atom is 0.363 e. The van der Waals surface area contributed by atoms with Crippen LogP contribution in [0.1, 0.15) is 23.6 Å². The second-order valence-electron chi connectivity index (χ2n) is 6.21. The summed E-state index contributed by atoms with van der Waals surface area (Å²) in [7, 11) is 1.49. The van der Waals surface area contributed by atoms with E-state index in [2.05, 4.69) is 4.99 Å². The molecule has 0 atom stereocenters. The number of hydrogen-bond donors (Lipinski definition) is 0. The number of aliphatic imine (C=N–C) groups is 1. The quantitative estimate of drug-likeness (QED) is 0.528. The molecule has 0 saturated carbocycles. The fraction of sp³-hybridized carbons (Fsp3) is 0.227. The normalized spacial score (nSPS) is 14.4. The fourth-order valence-electron chi connectivity index (χ4n) is 2.70. The van der Waals surface area contributed by atoms with Gasteiger partial charge >= 0.3 is 11.9 Å². The fourth-order valence-corrected chi connectivity index (χ4v) is 2.70. The predicted octanol–water partition coefficient (Wildman–Crippen LogP) is 3.29. The molecule has 150 valence electrons. The van der Waals surface area contributed by atoms with Crippen LogP contribution in [-0.4, -0.2) is 38.2 Å². The molecule has 0 saturated heterocycles. The Hall–Kier alpha value is -3.61. The summed E-state index contributed by atoms with van der Waals surface area (Å²) in [5.41, 5.74) is 2.64. The molecule has 1 aliphatic heterocycles. The van der Waals surface area contributed by atoms with Gasteiger partial charge in [-0.05, 0) is 49.8 Å². The van der Waals surface area contributed by atoms with Crippen molar-refractivity contribution in [3.63, 3.8) is 0 Å². The Morgan fingerprint density at radius 3 is 2.72 bits per heavy atom. The van der Waals surface area contributed by atoms with Crippen molar-refractivity contribution in [2.45, 2.75) is 13.8 Å². The molecule has 0 spiro atoms. The summed E-state index contributed by atoms with van der Waals surface area (Å²) in [6, 6.07) is 12.6. The van der Waals surface area contributed by atoms with Gasteiger partial charge < -0.3 is 18.9 Å². The van der Waals surface area contributed by atoms with Crippen molar-refractivity contribution in [1.29, 1.82) is 0 Å². The summed E-state index contributed by atoms with van der Waals surface area (Å²) in [4.78, 5) is 28.0. The van der Waals surface area contributed by atoms with E-state index in [0.717, 1.165) is 11.1 Å². The van der Waals surface area contributed by atoms with Gasteiger partial charge in [-0.1, -0.05) is 23.8 Å². The molecule has 1 aliphatic rings. The molecule has 7 heteroatoms. The second-order valence-corrected chi connectivity index (χ2v) is 6.21. The number of carbonyl (C=O) groups excluding carboxylic acids is 2. The molecular weight excluding hydrogens is 374 g/mol. The average Bonchev–Trinajstić information content (AvgIpc) is 3.07. The van der Waals surface area contributed by atoms with Crippen LogP contribution < -0.4 is 9.47 Å². The summed E-state index contributed by atoms with van der Waals surface area (Å²) in [6.07, 6.45) is 1.60. The van der Waals surface area contributed by atoms with Crippen molar-refractivity contribution in [2.75, 3.05) is 20.3 Å². The topological polar surface area (TPSA) is 83.4 Å². The van der Waals surface area contributed by atoms with Gasteiger partial charge in [0, 0.05) is 5.56 Å². The third-order valence-electron chi connectivity index (χ3n) is 4.03. The van der Waals surface area contributed by atoms with E-state index in [4.69, 9.17) is 18.9 Å². The number of ether oxygens (including phenoxy) is 4. The second kappa shape index (κ2) is 9.05. The zero-order chi connectivity index (χ0) is 20.8. The van der Waals surface area contributed by atoms with Crippen LogP contribution in [-0.2, 0) is 19.1 Å². The molecule has 0 N–H and O–H groups in total. The van der Waals surface area contributed by atoms with E-state index in [0.29, 0.717) is 17.1 Å². The molecule has 29 heavy (non-hydrogen) atoms. The molecule has 7 nitrogen and oxygen atoms in total. The Balaban J connectivity index is 1.80. The Morgan fingerprint density at radius 1 is 1.17 bits per heavy atom. The number of hydrogen-bond acceptors (Lipinski definition) is 7. The van der Waals surface area contributed by atoms with Crippen molar-refractivity contribution in [3.8, 4) is 11.5 Å². The molecule has 0 radical (unpaired) electrons. The van der Waals surface area contributed by atoms with Crippen molar-refractivity contribution < 1.29 is 28.5 Å². The lowest BCUT2D eigenvalue weighted by molar-refractivity contribution is -0.145. The highest BCUT2D eigenvalue weighted by molar-refractivity contribution is 6.12. The third kappa shape index (κ3) is 5.01. The van der Waals surface area contributed by atoms with Crippen LogP contribution >= 0.6 is 0 Å². The Bertz CT molecular complexity index is 993. The van der Waals surface area contributed by atoms with E-state index in [1.54, 1.807) is 31.2 Å². The Labute approximate surface area is 168 Å². The maximum absolute atomic E-state index is 12.2. The summed E-state index contributed by atoms with van der Waals surface area (Å²) < 4.78 is 20.9. The van der Waals surface area contributed by atoms with Crippen molar-refractivity contribution in [3.05, 3.63) is 64.9 Å². The standard InChI is InChI=1S/C22H21NO6/c1-4-27-20(24)13-28-18-9-8-15(12-19(18)26-3)11-17-22(25)29-21(23-17)16-7-5-6-14(2)10-16/h5-12H,4,13H2,1-3H3. The van der Waals surface area contributed by atoms with E-state index < -0.39 is 11.9 Å². The van der Waals surface area contributed by atoms with Crippen molar-refractivity contribution >= 4 is 23.9 Å². The monoisotopic (exact) mass is 395 g/mol. The van der Waals surface area contributed by atoms with Gasteiger partial charge in [-0.25, -0.2) is 14.6 Å². The van der Waals surface area contributed by atoms with Crippen LogP contribution in [0.15, 0.2) is 53.2 Å². The maximum atomic E-state index is 12.2. The molecular formula is C22H21NO6. The molecule has 2 aromatic rings. The number of carbonyl (C=O) groups is 2. The summed E-state index contributed by atoms with van der Waals surface area (Å²) >= 11 is 0. The molecule has 0 aliphatic carbocycles. The zero-order valence-electron chi connectivity index (χ0n) is 16.4. The SMILES string of the molecule is CCOC(=O)COc1ccc(C=C2N=C(c3cccc(C)c3)OC2=O)cc1OC. The lowest BCUT2D eigenvalue weighted by Gasteiger charge is -2.10. The van der Waals surface area contributed by atoms with Crippen LogP contribution in [0.3, 0.4) is 0 Å². The summed E-state index contributed by atoms with van der Waals surface area (Å²) in [5.74, 6) is 0.0837. The predicted molar refractivity (Wildman–Crippen MR) is 107 cm³/mol. The first-order valence-corrected chi connectivity index (χ1v) is 9.06. The highest BCUT2D eigenvalue weighted by atomic mass is 16.6. The average molecular weight is 395 g/mol. The largest absolute Gasteiger partial charge is 0.493 e. The van der Waals surface area contributed by atoms with Crippen LogP contribution in [0.4, 0.5) is 0 Å². The third-order valence-corrected chi connectivity index (χ3v) is 4.03. The van der Waals surface area contributed by atoms with Gasteiger partial charge in [0.05, 0.1) is 13.7 Å². The van der Waals surface area contributed by atoms with Crippen molar-refractivity contribution in [2.24, 2.45) is 4.99 Å². The van der Waals surface area contributed by atoms with Gasteiger partial charge in [-0.15, -0.1) is 0 Å². The highest BCUT2D eigenvalue weighted by Crippen LogP contribution is 2.30. The molecule has 0 amide bonds. The minimum absolute atomic E-state index is 0.184. The minimum atomic E-state index is -0.525. The van der Waals surface area contributed by atoms with E-state index in [-0.39, 0.29) is 24.8 Å². The van der Waals surface area contributed by atoms with Gasteiger partial charge in [0.1, 0.15) is 0 Å². The smallest absolute Gasteiger partial charge is 0.363 e. The number of nitrogens with zero attached hydrogens (tertiary/aromatic N) is 1. The Morgan fingerprint density at radius 2 is 2.00 bits per heavy atom. The lowest BCUT2D eigenvalue weighted by atomic mass is 10.1. The van der Waals surface area contributed by atoms with Crippen LogP contribution in [0.25, 0.3) is 6.08 Å². The van der Waals surface area contributed by atoms with Crippen molar-refractivity contribution in [1.82, 2.24) is 0 Å². The van der Waals surface area contributed by atoms with E-state index >= 15 is 0 Å². The summed E-state index contributed by atoms with van der Waals surface area (Å²) in [5, 5.41) is 0. The number of rotatable bonds is 7. The van der Waals surface area contributed by atoms with E-state index in [9.17, 15) is 9.59 Å². The first-order valence-electron chi connectivity index (χ1n) is 9.06. The first kappa shape index (κ1) is 20.1.